The predicted octanol–water partition coefficient (Wildman–Crippen LogP) is 3.40. The highest BCUT2D eigenvalue weighted by Gasteiger charge is 2.24. The number of nitrogens with zero attached hydrogens (tertiary/aromatic N) is 2. The molecule has 8 heteroatoms. The van der Waals surface area contributed by atoms with Gasteiger partial charge in [-0.2, -0.15) is 0 Å². The zero-order valence-corrected chi connectivity index (χ0v) is 21.5. The van der Waals surface area contributed by atoms with Crippen molar-refractivity contribution in [3.8, 4) is 5.75 Å². The summed E-state index contributed by atoms with van der Waals surface area (Å²) in [5.74, 6) is 1.70. The van der Waals surface area contributed by atoms with Gasteiger partial charge in [0.2, 0.25) is 5.91 Å². The van der Waals surface area contributed by atoms with Gasteiger partial charge in [0, 0.05) is 38.3 Å². The summed E-state index contributed by atoms with van der Waals surface area (Å²) in [5.41, 5.74) is 3.39. The molecule has 33 heavy (non-hydrogen) atoms. The SMILES string of the molecule is CN=C(NCCOc1ccc2c(c1)CCC(=O)N2)NCC1CCCN1Cc1ccccc1.I. The summed E-state index contributed by atoms with van der Waals surface area (Å²) in [6, 6.07) is 17.0. The minimum absolute atomic E-state index is 0. The molecule has 0 aromatic heterocycles. The first-order valence-electron chi connectivity index (χ1n) is 11.5. The van der Waals surface area contributed by atoms with E-state index in [1.165, 1.54) is 18.4 Å². The van der Waals surface area contributed by atoms with Gasteiger partial charge in [-0.3, -0.25) is 14.7 Å². The summed E-state index contributed by atoms with van der Waals surface area (Å²) >= 11 is 0. The Hall–Kier alpha value is -2.33. The summed E-state index contributed by atoms with van der Waals surface area (Å²) in [4.78, 5) is 18.4. The Bertz CT molecular complexity index is 938. The second-order valence-electron chi connectivity index (χ2n) is 8.35. The number of carbonyl (C=O) groups excluding carboxylic acids is 1. The maximum atomic E-state index is 11.5. The topological polar surface area (TPSA) is 78.0 Å². The molecule has 2 aliphatic rings. The molecule has 0 radical (unpaired) electrons. The molecule has 7 nitrogen and oxygen atoms in total. The van der Waals surface area contributed by atoms with Gasteiger partial charge in [-0.25, -0.2) is 0 Å². The molecule has 1 amide bonds. The first-order chi connectivity index (χ1) is 15.7. The van der Waals surface area contributed by atoms with Gasteiger partial charge in [0.1, 0.15) is 12.4 Å². The highest BCUT2D eigenvalue weighted by atomic mass is 127. The van der Waals surface area contributed by atoms with E-state index in [4.69, 9.17) is 4.74 Å². The Kier molecular flexibility index (Phi) is 9.80. The normalized spacial score (nSPS) is 18.2. The number of nitrogens with one attached hydrogen (secondary N) is 3. The Labute approximate surface area is 213 Å². The molecule has 1 atom stereocenters. The number of amides is 1. The fourth-order valence-corrected chi connectivity index (χ4v) is 4.38. The van der Waals surface area contributed by atoms with Crippen LogP contribution in [-0.4, -0.2) is 56.1 Å². The van der Waals surface area contributed by atoms with Gasteiger partial charge >= 0.3 is 0 Å². The van der Waals surface area contributed by atoms with Crippen LogP contribution >= 0.6 is 24.0 Å². The lowest BCUT2D eigenvalue weighted by atomic mass is 10.0. The van der Waals surface area contributed by atoms with Crippen molar-refractivity contribution in [3.63, 3.8) is 0 Å². The van der Waals surface area contributed by atoms with Gasteiger partial charge in [0.05, 0.1) is 6.54 Å². The van der Waals surface area contributed by atoms with Crippen LogP contribution in [0, 0.1) is 0 Å². The number of rotatable bonds is 8. The zero-order chi connectivity index (χ0) is 22.2. The maximum absolute atomic E-state index is 11.5. The molecule has 0 saturated carbocycles. The van der Waals surface area contributed by atoms with E-state index < -0.39 is 0 Å². The van der Waals surface area contributed by atoms with E-state index in [-0.39, 0.29) is 29.9 Å². The number of carbonyl (C=O) groups is 1. The summed E-state index contributed by atoms with van der Waals surface area (Å²) in [5, 5.41) is 9.70. The molecule has 1 fully saturated rings. The van der Waals surface area contributed by atoms with Gasteiger partial charge < -0.3 is 20.7 Å². The number of likely N-dealkylation sites (tertiary alicyclic amines) is 1. The number of benzene rings is 2. The molecular weight excluding hydrogens is 529 g/mol. The molecule has 2 heterocycles. The first-order valence-corrected chi connectivity index (χ1v) is 11.5. The molecular formula is C25H34IN5O2. The molecule has 3 N–H and O–H groups in total. The predicted molar refractivity (Wildman–Crippen MR) is 144 cm³/mol. The van der Waals surface area contributed by atoms with Crippen molar-refractivity contribution in [3.05, 3.63) is 59.7 Å². The van der Waals surface area contributed by atoms with Crippen LogP contribution in [0.5, 0.6) is 5.75 Å². The standard InChI is InChI=1S/C25H33N5O2.HI/c1-26-25(28-17-21-8-5-14-30(21)18-19-6-3-2-4-7-19)27-13-15-32-22-10-11-23-20(16-22)9-12-24(31)29-23;/h2-4,6-7,10-11,16,21H,5,8-9,12-15,17-18H2,1H3,(H,29,31)(H2,26,27,28);1H. The quantitative estimate of drug-likeness (QED) is 0.199. The van der Waals surface area contributed by atoms with Crippen LogP contribution in [-0.2, 0) is 17.8 Å². The lowest BCUT2D eigenvalue weighted by molar-refractivity contribution is -0.116. The average Bonchev–Trinajstić information content (AvgIpc) is 3.26. The molecule has 0 aliphatic carbocycles. The van der Waals surface area contributed by atoms with E-state index in [0.29, 0.717) is 25.6 Å². The fraction of sp³-hybridized carbons (Fsp3) is 0.440. The lowest BCUT2D eigenvalue weighted by Gasteiger charge is -2.25. The van der Waals surface area contributed by atoms with Gasteiger partial charge in [0.15, 0.2) is 5.96 Å². The minimum Gasteiger partial charge on any atom is -0.492 e. The van der Waals surface area contributed by atoms with Crippen LogP contribution in [0.4, 0.5) is 5.69 Å². The number of ether oxygens (including phenoxy) is 1. The number of hydrogen-bond donors (Lipinski definition) is 3. The van der Waals surface area contributed by atoms with Crippen LogP contribution in [0.3, 0.4) is 0 Å². The van der Waals surface area contributed by atoms with Gasteiger partial charge in [-0.1, -0.05) is 30.3 Å². The van der Waals surface area contributed by atoms with Gasteiger partial charge in [0.25, 0.3) is 0 Å². The van der Waals surface area contributed by atoms with E-state index >= 15 is 0 Å². The van der Waals surface area contributed by atoms with Crippen molar-refractivity contribution in [1.29, 1.82) is 0 Å². The number of aryl methyl sites for hydroxylation is 1. The van der Waals surface area contributed by atoms with E-state index in [9.17, 15) is 4.79 Å². The van der Waals surface area contributed by atoms with Crippen molar-refractivity contribution in [1.82, 2.24) is 15.5 Å². The molecule has 1 unspecified atom stereocenters. The summed E-state index contributed by atoms with van der Waals surface area (Å²) < 4.78 is 5.89. The molecule has 178 valence electrons. The average molecular weight is 563 g/mol. The van der Waals surface area contributed by atoms with Crippen molar-refractivity contribution in [2.24, 2.45) is 4.99 Å². The molecule has 2 aromatic carbocycles. The highest BCUT2D eigenvalue weighted by molar-refractivity contribution is 14.0. The van der Waals surface area contributed by atoms with E-state index in [1.807, 2.05) is 18.2 Å². The highest BCUT2D eigenvalue weighted by Crippen LogP contribution is 2.26. The summed E-state index contributed by atoms with van der Waals surface area (Å²) in [7, 11) is 1.80. The van der Waals surface area contributed by atoms with Crippen LogP contribution in [0.1, 0.15) is 30.4 Å². The number of hydrogen-bond acceptors (Lipinski definition) is 4. The Morgan fingerprint density at radius 1 is 1.18 bits per heavy atom. The zero-order valence-electron chi connectivity index (χ0n) is 19.2. The Balaban J connectivity index is 0.00000306. The number of anilines is 1. The molecule has 1 saturated heterocycles. The summed E-state index contributed by atoms with van der Waals surface area (Å²) in [6.07, 6.45) is 3.74. The second kappa shape index (κ2) is 12.8. The Morgan fingerprint density at radius 3 is 2.85 bits per heavy atom. The van der Waals surface area contributed by atoms with Crippen molar-refractivity contribution in [2.75, 3.05) is 38.6 Å². The number of aliphatic imine (C=N–C) groups is 1. The smallest absolute Gasteiger partial charge is 0.224 e. The number of halogens is 1. The molecule has 0 bridgehead atoms. The van der Waals surface area contributed by atoms with Crippen LogP contribution in [0.15, 0.2) is 53.5 Å². The van der Waals surface area contributed by atoms with Crippen molar-refractivity contribution in [2.45, 2.75) is 38.3 Å². The third kappa shape index (κ3) is 7.33. The molecule has 0 spiro atoms. The fourth-order valence-electron chi connectivity index (χ4n) is 4.38. The van der Waals surface area contributed by atoms with Gasteiger partial charge in [-0.15, -0.1) is 24.0 Å². The van der Waals surface area contributed by atoms with Crippen molar-refractivity contribution < 1.29 is 9.53 Å². The molecule has 2 aromatic rings. The van der Waals surface area contributed by atoms with Crippen LogP contribution in [0.25, 0.3) is 0 Å². The third-order valence-corrected chi connectivity index (χ3v) is 6.09. The number of fused-ring (bicyclic) bond motifs is 1. The summed E-state index contributed by atoms with van der Waals surface area (Å²) in [6.45, 7) is 4.22. The van der Waals surface area contributed by atoms with E-state index in [2.05, 4.69) is 56.2 Å². The number of guanidine groups is 1. The Morgan fingerprint density at radius 2 is 2.03 bits per heavy atom. The lowest BCUT2D eigenvalue weighted by Crippen LogP contribution is -2.45. The van der Waals surface area contributed by atoms with E-state index in [1.54, 1.807) is 7.05 Å². The van der Waals surface area contributed by atoms with Crippen molar-refractivity contribution >= 4 is 41.5 Å². The minimum atomic E-state index is 0. The van der Waals surface area contributed by atoms with Crippen LogP contribution < -0.4 is 20.7 Å². The van der Waals surface area contributed by atoms with E-state index in [0.717, 1.165) is 49.0 Å². The van der Waals surface area contributed by atoms with Crippen LogP contribution in [0.2, 0.25) is 0 Å². The largest absolute Gasteiger partial charge is 0.492 e. The maximum Gasteiger partial charge on any atom is 0.224 e. The third-order valence-electron chi connectivity index (χ3n) is 6.09. The molecule has 2 aliphatic heterocycles. The molecule has 4 rings (SSSR count). The van der Waals surface area contributed by atoms with Gasteiger partial charge in [-0.05, 0) is 55.1 Å². The monoisotopic (exact) mass is 563 g/mol. The first kappa shape index (κ1) is 25.3. The second-order valence-corrected chi connectivity index (χ2v) is 8.35.